The SMILES string of the molecule is NCC(O)c1ccc(CN2CCCC2)c(Br)c1. The molecule has 1 saturated heterocycles. The Morgan fingerprint density at radius 3 is 2.65 bits per heavy atom. The Bertz CT molecular complexity index is 378. The van der Waals surface area contributed by atoms with E-state index >= 15 is 0 Å². The molecule has 0 amide bonds. The number of nitrogens with zero attached hydrogens (tertiary/aromatic N) is 1. The van der Waals surface area contributed by atoms with Crippen molar-refractivity contribution in [1.82, 2.24) is 4.90 Å². The Labute approximate surface area is 111 Å². The van der Waals surface area contributed by atoms with E-state index in [1.165, 1.54) is 31.5 Å². The van der Waals surface area contributed by atoms with Crippen molar-refractivity contribution < 1.29 is 5.11 Å². The van der Waals surface area contributed by atoms with E-state index in [0.29, 0.717) is 0 Å². The van der Waals surface area contributed by atoms with Crippen LogP contribution in [0.4, 0.5) is 0 Å². The number of hydrogen-bond donors (Lipinski definition) is 2. The van der Waals surface area contributed by atoms with Crippen molar-refractivity contribution in [3.8, 4) is 0 Å². The average Bonchev–Trinajstić information content (AvgIpc) is 2.83. The Kier molecular flexibility index (Phi) is 4.56. The predicted octanol–water partition coefficient (Wildman–Crippen LogP) is 2.04. The number of aliphatic hydroxyl groups excluding tert-OH is 1. The second-order valence-corrected chi connectivity index (χ2v) is 5.44. The Morgan fingerprint density at radius 2 is 2.06 bits per heavy atom. The number of likely N-dealkylation sites (tertiary alicyclic amines) is 1. The van der Waals surface area contributed by atoms with Gasteiger partial charge in [0.1, 0.15) is 0 Å². The normalized spacial score (nSPS) is 18.5. The maximum atomic E-state index is 9.67. The van der Waals surface area contributed by atoms with Crippen LogP contribution in [0.25, 0.3) is 0 Å². The fraction of sp³-hybridized carbons (Fsp3) is 0.538. The Balaban J connectivity index is 2.08. The lowest BCUT2D eigenvalue weighted by atomic mass is 10.1. The molecule has 0 saturated carbocycles. The molecular weight excluding hydrogens is 280 g/mol. The van der Waals surface area contributed by atoms with Crippen molar-refractivity contribution in [2.45, 2.75) is 25.5 Å². The van der Waals surface area contributed by atoms with Crippen LogP contribution < -0.4 is 5.73 Å². The Morgan fingerprint density at radius 1 is 1.35 bits per heavy atom. The molecule has 0 aliphatic carbocycles. The number of hydrogen-bond acceptors (Lipinski definition) is 3. The summed E-state index contributed by atoms with van der Waals surface area (Å²) >= 11 is 3.57. The molecule has 1 aromatic carbocycles. The standard InChI is InChI=1S/C13H19BrN2O/c14-12-7-10(13(17)8-15)3-4-11(12)9-16-5-1-2-6-16/h3-4,7,13,17H,1-2,5-6,8-9,15H2. The first kappa shape index (κ1) is 13.0. The van der Waals surface area contributed by atoms with Crippen LogP contribution in [0.2, 0.25) is 0 Å². The second-order valence-electron chi connectivity index (χ2n) is 4.59. The van der Waals surface area contributed by atoms with E-state index in [1.807, 2.05) is 12.1 Å². The van der Waals surface area contributed by atoms with Crippen LogP contribution in [0.1, 0.15) is 30.1 Å². The first-order valence-electron chi connectivity index (χ1n) is 6.09. The van der Waals surface area contributed by atoms with Crippen LogP contribution in [-0.4, -0.2) is 29.6 Å². The zero-order valence-corrected chi connectivity index (χ0v) is 11.5. The highest BCUT2D eigenvalue weighted by Crippen LogP contribution is 2.24. The number of halogens is 1. The minimum atomic E-state index is -0.563. The van der Waals surface area contributed by atoms with Crippen LogP contribution in [0.15, 0.2) is 22.7 Å². The van der Waals surface area contributed by atoms with E-state index in [1.54, 1.807) is 0 Å². The van der Waals surface area contributed by atoms with Gasteiger partial charge in [-0.1, -0.05) is 28.1 Å². The molecule has 3 N–H and O–H groups in total. The first-order valence-corrected chi connectivity index (χ1v) is 6.89. The lowest BCUT2D eigenvalue weighted by Gasteiger charge is -2.17. The fourth-order valence-corrected chi connectivity index (χ4v) is 2.74. The van der Waals surface area contributed by atoms with Crippen LogP contribution in [0.3, 0.4) is 0 Å². The third-order valence-electron chi connectivity index (χ3n) is 3.28. The molecule has 94 valence electrons. The minimum Gasteiger partial charge on any atom is -0.387 e. The van der Waals surface area contributed by atoms with Gasteiger partial charge in [0.05, 0.1) is 6.10 Å². The van der Waals surface area contributed by atoms with Gasteiger partial charge in [0, 0.05) is 17.6 Å². The highest BCUT2D eigenvalue weighted by molar-refractivity contribution is 9.10. The zero-order chi connectivity index (χ0) is 12.3. The van der Waals surface area contributed by atoms with Gasteiger partial charge in [-0.2, -0.15) is 0 Å². The largest absolute Gasteiger partial charge is 0.387 e. The number of nitrogens with two attached hydrogens (primary N) is 1. The molecule has 1 aromatic rings. The summed E-state index contributed by atoms with van der Waals surface area (Å²) in [5.74, 6) is 0. The molecule has 1 aliphatic rings. The van der Waals surface area contributed by atoms with Crippen molar-refractivity contribution in [3.63, 3.8) is 0 Å². The van der Waals surface area contributed by atoms with Gasteiger partial charge in [0.15, 0.2) is 0 Å². The van der Waals surface area contributed by atoms with Crippen molar-refractivity contribution in [2.24, 2.45) is 5.73 Å². The lowest BCUT2D eigenvalue weighted by Crippen LogP contribution is -2.19. The monoisotopic (exact) mass is 298 g/mol. The molecule has 1 aliphatic heterocycles. The molecule has 0 aromatic heterocycles. The number of rotatable bonds is 4. The molecular formula is C13H19BrN2O. The summed E-state index contributed by atoms with van der Waals surface area (Å²) in [6.45, 7) is 3.64. The van der Waals surface area contributed by atoms with Crippen LogP contribution >= 0.6 is 15.9 Å². The molecule has 3 nitrogen and oxygen atoms in total. The van der Waals surface area contributed by atoms with Crippen molar-refractivity contribution >= 4 is 15.9 Å². The van der Waals surface area contributed by atoms with E-state index in [9.17, 15) is 5.11 Å². The maximum Gasteiger partial charge on any atom is 0.0912 e. The van der Waals surface area contributed by atoms with Gasteiger partial charge in [-0.3, -0.25) is 4.90 Å². The third kappa shape index (κ3) is 3.28. The molecule has 17 heavy (non-hydrogen) atoms. The molecule has 1 heterocycles. The van der Waals surface area contributed by atoms with Gasteiger partial charge in [0.2, 0.25) is 0 Å². The molecule has 1 fully saturated rings. The number of benzene rings is 1. The van der Waals surface area contributed by atoms with E-state index in [-0.39, 0.29) is 6.54 Å². The average molecular weight is 299 g/mol. The van der Waals surface area contributed by atoms with Gasteiger partial charge < -0.3 is 10.8 Å². The summed E-state index contributed by atoms with van der Waals surface area (Å²) in [5.41, 5.74) is 7.61. The van der Waals surface area contributed by atoms with Crippen molar-refractivity contribution in [3.05, 3.63) is 33.8 Å². The summed E-state index contributed by atoms with van der Waals surface area (Å²) < 4.78 is 1.06. The summed E-state index contributed by atoms with van der Waals surface area (Å²) in [6, 6.07) is 6.02. The van der Waals surface area contributed by atoms with Gasteiger partial charge in [-0.25, -0.2) is 0 Å². The van der Waals surface area contributed by atoms with E-state index in [0.717, 1.165) is 16.6 Å². The third-order valence-corrected chi connectivity index (χ3v) is 4.02. The highest BCUT2D eigenvalue weighted by Gasteiger charge is 2.14. The smallest absolute Gasteiger partial charge is 0.0912 e. The number of aliphatic hydroxyl groups is 1. The predicted molar refractivity (Wildman–Crippen MR) is 72.7 cm³/mol. The van der Waals surface area contributed by atoms with Gasteiger partial charge in [-0.05, 0) is 43.1 Å². The zero-order valence-electron chi connectivity index (χ0n) is 9.90. The first-order chi connectivity index (χ1) is 8.20. The van der Waals surface area contributed by atoms with Crippen molar-refractivity contribution in [2.75, 3.05) is 19.6 Å². The van der Waals surface area contributed by atoms with Gasteiger partial charge in [0.25, 0.3) is 0 Å². The molecule has 0 radical (unpaired) electrons. The molecule has 0 bridgehead atoms. The van der Waals surface area contributed by atoms with Gasteiger partial charge >= 0.3 is 0 Å². The summed E-state index contributed by atoms with van der Waals surface area (Å²) in [4.78, 5) is 2.46. The molecule has 1 atom stereocenters. The summed E-state index contributed by atoms with van der Waals surface area (Å²) in [6.07, 6.45) is 2.05. The van der Waals surface area contributed by atoms with Crippen LogP contribution in [0.5, 0.6) is 0 Å². The molecule has 1 unspecified atom stereocenters. The summed E-state index contributed by atoms with van der Waals surface area (Å²) in [5, 5.41) is 9.67. The highest BCUT2D eigenvalue weighted by atomic mass is 79.9. The molecule has 2 rings (SSSR count). The topological polar surface area (TPSA) is 49.5 Å². The lowest BCUT2D eigenvalue weighted by molar-refractivity contribution is 0.186. The van der Waals surface area contributed by atoms with Crippen LogP contribution in [0, 0.1) is 0 Å². The van der Waals surface area contributed by atoms with E-state index in [4.69, 9.17) is 5.73 Å². The van der Waals surface area contributed by atoms with Gasteiger partial charge in [-0.15, -0.1) is 0 Å². The quantitative estimate of drug-likeness (QED) is 0.894. The minimum absolute atomic E-state index is 0.262. The van der Waals surface area contributed by atoms with E-state index in [2.05, 4.69) is 26.9 Å². The molecule has 4 heteroatoms. The fourth-order valence-electron chi connectivity index (χ4n) is 2.22. The van der Waals surface area contributed by atoms with E-state index < -0.39 is 6.10 Å². The van der Waals surface area contributed by atoms with Crippen molar-refractivity contribution in [1.29, 1.82) is 0 Å². The molecule has 0 spiro atoms. The summed E-state index contributed by atoms with van der Waals surface area (Å²) in [7, 11) is 0. The second kappa shape index (κ2) is 5.96. The Hall–Kier alpha value is -0.420. The van der Waals surface area contributed by atoms with Crippen LogP contribution in [-0.2, 0) is 6.54 Å². The maximum absolute atomic E-state index is 9.67.